The number of anilines is 1. The lowest BCUT2D eigenvalue weighted by molar-refractivity contribution is 0.337. The number of aryl methyl sites for hydroxylation is 1. The molecule has 0 aliphatic rings. The fraction of sp³-hybridized carbons (Fsp3) is 0.571. The van der Waals surface area contributed by atoms with Gasteiger partial charge in [-0.2, -0.15) is 0 Å². The summed E-state index contributed by atoms with van der Waals surface area (Å²) < 4.78 is 5.68. The van der Waals surface area contributed by atoms with Crippen LogP contribution in [0.15, 0.2) is 18.2 Å². The molecule has 0 saturated heterocycles. The van der Waals surface area contributed by atoms with Gasteiger partial charge in [-0.3, -0.25) is 0 Å². The third kappa shape index (κ3) is 2.91. The number of benzene rings is 1. The fourth-order valence-corrected chi connectivity index (χ4v) is 1.91. The van der Waals surface area contributed by atoms with Gasteiger partial charge in [0.2, 0.25) is 0 Å². The first-order valence-electron chi connectivity index (χ1n) is 6.27. The second kappa shape index (κ2) is 6.41. The van der Waals surface area contributed by atoms with Gasteiger partial charge in [-0.05, 0) is 38.8 Å². The molecule has 90 valence electrons. The molecule has 0 fully saturated rings. The van der Waals surface area contributed by atoms with Crippen molar-refractivity contribution in [2.45, 2.75) is 34.1 Å². The summed E-state index contributed by atoms with van der Waals surface area (Å²) in [5.74, 6) is 1.04. The number of hydrogen-bond acceptors (Lipinski definition) is 2. The Bertz CT molecular complexity index is 319. The van der Waals surface area contributed by atoms with Gasteiger partial charge < -0.3 is 9.64 Å². The summed E-state index contributed by atoms with van der Waals surface area (Å²) in [6.07, 6.45) is 1.02. The second-order valence-corrected chi connectivity index (χ2v) is 3.75. The van der Waals surface area contributed by atoms with Crippen LogP contribution in [0.25, 0.3) is 0 Å². The minimum absolute atomic E-state index is 0.731. The molecule has 0 spiro atoms. The zero-order valence-corrected chi connectivity index (χ0v) is 10.9. The molecule has 0 amide bonds. The Morgan fingerprint density at radius 3 is 2.25 bits per heavy atom. The van der Waals surface area contributed by atoms with Crippen molar-refractivity contribution in [1.82, 2.24) is 0 Å². The van der Waals surface area contributed by atoms with Crippen LogP contribution in [-0.2, 0) is 6.42 Å². The van der Waals surface area contributed by atoms with Gasteiger partial charge in [0.1, 0.15) is 5.75 Å². The molecule has 0 bridgehead atoms. The molecule has 0 saturated carbocycles. The molecule has 0 aliphatic carbocycles. The maximum atomic E-state index is 5.68. The van der Waals surface area contributed by atoms with E-state index in [-0.39, 0.29) is 0 Å². The third-order valence-corrected chi connectivity index (χ3v) is 2.86. The van der Waals surface area contributed by atoms with Crippen LogP contribution >= 0.6 is 0 Å². The molecule has 0 atom stereocenters. The van der Waals surface area contributed by atoms with E-state index in [1.807, 2.05) is 6.92 Å². The number of ether oxygens (including phenoxy) is 1. The lowest BCUT2D eigenvalue weighted by Crippen LogP contribution is -2.21. The van der Waals surface area contributed by atoms with E-state index in [0.717, 1.165) is 31.9 Å². The summed E-state index contributed by atoms with van der Waals surface area (Å²) in [5, 5.41) is 0. The average molecular weight is 221 g/mol. The third-order valence-electron chi connectivity index (χ3n) is 2.86. The minimum Gasteiger partial charge on any atom is -0.494 e. The van der Waals surface area contributed by atoms with Gasteiger partial charge >= 0.3 is 0 Å². The predicted octanol–water partition coefficient (Wildman–Crippen LogP) is 3.49. The van der Waals surface area contributed by atoms with Crippen molar-refractivity contribution in [3.05, 3.63) is 23.8 Å². The summed E-state index contributed by atoms with van der Waals surface area (Å²) in [6, 6.07) is 6.53. The van der Waals surface area contributed by atoms with E-state index in [2.05, 4.69) is 43.9 Å². The van der Waals surface area contributed by atoms with Gasteiger partial charge in [-0.15, -0.1) is 0 Å². The van der Waals surface area contributed by atoms with Crippen molar-refractivity contribution in [3.63, 3.8) is 0 Å². The van der Waals surface area contributed by atoms with Crippen molar-refractivity contribution in [2.24, 2.45) is 0 Å². The highest BCUT2D eigenvalue weighted by Crippen LogP contribution is 2.26. The minimum atomic E-state index is 0.731. The topological polar surface area (TPSA) is 12.5 Å². The Labute approximate surface area is 99.2 Å². The zero-order chi connectivity index (χ0) is 12.0. The lowest BCUT2D eigenvalue weighted by atomic mass is 10.1. The standard InChI is InChI=1S/C14H23NO/c1-5-12-9-10-13(15(6-2)7-3)11-14(12)16-8-4/h9-11H,5-8H2,1-4H3. The Hall–Kier alpha value is -1.18. The molecule has 0 N–H and O–H groups in total. The maximum absolute atomic E-state index is 5.68. The fourth-order valence-electron chi connectivity index (χ4n) is 1.91. The SMILES string of the molecule is CCOc1cc(N(CC)CC)ccc1CC. The molecule has 1 aromatic rings. The van der Waals surface area contributed by atoms with Crippen molar-refractivity contribution >= 4 is 5.69 Å². The maximum Gasteiger partial charge on any atom is 0.124 e. The number of nitrogens with zero attached hydrogens (tertiary/aromatic N) is 1. The molecule has 0 heterocycles. The molecule has 2 heteroatoms. The first-order chi connectivity index (χ1) is 7.76. The highest BCUT2D eigenvalue weighted by Gasteiger charge is 2.06. The van der Waals surface area contributed by atoms with Gasteiger partial charge in [0.25, 0.3) is 0 Å². The normalized spacial score (nSPS) is 10.2. The Balaban J connectivity index is 3.00. The van der Waals surface area contributed by atoms with Crippen LogP contribution in [0, 0.1) is 0 Å². The average Bonchev–Trinajstić information content (AvgIpc) is 2.31. The van der Waals surface area contributed by atoms with Crippen LogP contribution in [0.2, 0.25) is 0 Å². The molecule has 0 radical (unpaired) electrons. The monoisotopic (exact) mass is 221 g/mol. The van der Waals surface area contributed by atoms with E-state index in [9.17, 15) is 0 Å². The quantitative estimate of drug-likeness (QED) is 0.729. The molecule has 0 aliphatic heterocycles. The highest BCUT2D eigenvalue weighted by molar-refractivity contribution is 5.53. The van der Waals surface area contributed by atoms with Crippen molar-refractivity contribution < 1.29 is 4.74 Å². The smallest absolute Gasteiger partial charge is 0.124 e. The summed E-state index contributed by atoms with van der Waals surface area (Å²) >= 11 is 0. The van der Waals surface area contributed by atoms with E-state index in [1.165, 1.54) is 11.3 Å². The predicted molar refractivity (Wildman–Crippen MR) is 70.6 cm³/mol. The summed E-state index contributed by atoms with van der Waals surface area (Å²) in [5.41, 5.74) is 2.54. The molecular formula is C14H23NO. The van der Waals surface area contributed by atoms with Crippen LogP contribution in [0.5, 0.6) is 5.75 Å². The van der Waals surface area contributed by atoms with Crippen LogP contribution in [0.4, 0.5) is 5.69 Å². The largest absolute Gasteiger partial charge is 0.494 e. The van der Waals surface area contributed by atoms with Crippen molar-refractivity contribution in [2.75, 3.05) is 24.6 Å². The Morgan fingerprint density at radius 2 is 1.75 bits per heavy atom. The zero-order valence-electron chi connectivity index (χ0n) is 10.9. The van der Waals surface area contributed by atoms with Crippen molar-refractivity contribution in [1.29, 1.82) is 0 Å². The lowest BCUT2D eigenvalue weighted by Gasteiger charge is -2.22. The van der Waals surface area contributed by atoms with Gasteiger partial charge in [0.05, 0.1) is 6.61 Å². The van der Waals surface area contributed by atoms with E-state index in [1.54, 1.807) is 0 Å². The summed E-state index contributed by atoms with van der Waals surface area (Å²) in [4.78, 5) is 2.34. The molecule has 0 unspecified atom stereocenters. The molecule has 1 aromatic carbocycles. The van der Waals surface area contributed by atoms with E-state index < -0.39 is 0 Å². The van der Waals surface area contributed by atoms with Gasteiger partial charge in [0.15, 0.2) is 0 Å². The van der Waals surface area contributed by atoms with Crippen LogP contribution in [0.3, 0.4) is 0 Å². The molecule has 16 heavy (non-hydrogen) atoms. The van der Waals surface area contributed by atoms with Crippen LogP contribution in [0.1, 0.15) is 33.3 Å². The summed E-state index contributed by atoms with van der Waals surface area (Å²) in [7, 11) is 0. The van der Waals surface area contributed by atoms with Gasteiger partial charge in [0, 0.05) is 24.8 Å². The molecular weight excluding hydrogens is 198 g/mol. The summed E-state index contributed by atoms with van der Waals surface area (Å²) in [6.45, 7) is 11.4. The van der Waals surface area contributed by atoms with E-state index >= 15 is 0 Å². The number of hydrogen-bond donors (Lipinski definition) is 0. The van der Waals surface area contributed by atoms with Gasteiger partial charge in [-0.1, -0.05) is 13.0 Å². The van der Waals surface area contributed by atoms with Gasteiger partial charge in [-0.25, -0.2) is 0 Å². The van der Waals surface area contributed by atoms with Crippen LogP contribution < -0.4 is 9.64 Å². The Morgan fingerprint density at radius 1 is 1.06 bits per heavy atom. The molecule has 1 rings (SSSR count). The second-order valence-electron chi connectivity index (χ2n) is 3.75. The Kier molecular flexibility index (Phi) is 5.17. The molecule has 0 aromatic heterocycles. The van der Waals surface area contributed by atoms with E-state index in [4.69, 9.17) is 4.74 Å². The van der Waals surface area contributed by atoms with Crippen LogP contribution in [-0.4, -0.2) is 19.7 Å². The highest BCUT2D eigenvalue weighted by atomic mass is 16.5. The first-order valence-corrected chi connectivity index (χ1v) is 6.27. The van der Waals surface area contributed by atoms with Crippen molar-refractivity contribution in [3.8, 4) is 5.75 Å². The number of rotatable bonds is 6. The first kappa shape index (κ1) is 12.9. The van der Waals surface area contributed by atoms with E-state index in [0.29, 0.717) is 0 Å². The molecule has 2 nitrogen and oxygen atoms in total.